The summed E-state index contributed by atoms with van der Waals surface area (Å²) in [4.78, 5) is 21.1. The fourth-order valence-electron chi connectivity index (χ4n) is 3.33. The average molecular weight is 472 g/mol. The van der Waals surface area contributed by atoms with Gasteiger partial charge in [-0.05, 0) is 31.3 Å². The first-order valence-corrected chi connectivity index (χ1v) is 10.8. The summed E-state index contributed by atoms with van der Waals surface area (Å²) in [6, 6.07) is 7.80. The van der Waals surface area contributed by atoms with Gasteiger partial charge in [-0.15, -0.1) is 0 Å². The smallest absolute Gasteiger partial charge is 0.248 e. The maximum atomic E-state index is 13.5. The second-order valence-corrected chi connectivity index (χ2v) is 7.80. The third-order valence-corrected chi connectivity index (χ3v) is 5.24. The van der Waals surface area contributed by atoms with Crippen molar-refractivity contribution in [3.8, 4) is 5.75 Å². The fourth-order valence-corrected chi connectivity index (χ4v) is 3.51. The molecule has 3 aromatic rings. The van der Waals surface area contributed by atoms with Crippen molar-refractivity contribution >= 4 is 45.6 Å². The van der Waals surface area contributed by atoms with Gasteiger partial charge in [-0.2, -0.15) is 0 Å². The van der Waals surface area contributed by atoms with Gasteiger partial charge < -0.3 is 25.4 Å². The minimum absolute atomic E-state index is 0.00543. The van der Waals surface area contributed by atoms with E-state index in [9.17, 15) is 9.18 Å². The molecule has 1 fully saturated rings. The van der Waals surface area contributed by atoms with Gasteiger partial charge in [0.05, 0.1) is 29.4 Å². The molecule has 1 atom stereocenters. The lowest BCUT2D eigenvalue weighted by molar-refractivity contribution is -0.111. The molecule has 0 aliphatic carbocycles. The molecule has 0 spiro atoms. The highest BCUT2D eigenvalue weighted by Gasteiger charge is 2.20. The zero-order chi connectivity index (χ0) is 23.2. The number of hydrogen-bond donors (Lipinski definition) is 3. The summed E-state index contributed by atoms with van der Waals surface area (Å²) in [5, 5.41) is 9.58. The molecule has 10 heteroatoms. The molecule has 8 nitrogen and oxygen atoms in total. The van der Waals surface area contributed by atoms with Crippen LogP contribution in [0.25, 0.3) is 10.9 Å². The van der Waals surface area contributed by atoms with Crippen LogP contribution in [0.4, 0.5) is 21.6 Å². The lowest BCUT2D eigenvalue weighted by Crippen LogP contribution is -2.18. The van der Waals surface area contributed by atoms with E-state index in [0.717, 1.165) is 6.42 Å². The van der Waals surface area contributed by atoms with E-state index in [4.69, 9.17) is 21.1 Å². The van der Waals surface area contributed by atoms with Gasteiger partial charge in [0.15, 0.2) is 0 Å². The van der Waals surface area contributed by atoms with Gasteiger partial charge >= 0.3 is 0 Å². The third-order valence-electron chi connectivity index (χ3n) is 4.95. The Hall–Kier alpha value is -3.27. The molecule has 1 aromatic heterocycles. The Labute approximate surface area is 195 Å². The van der Waals surface area contributed by atoms with Crippen molar-refractivity contribution in [3.05, 3.63) is 59.7 Å². The Morgan fingerprint density at radius 2 is 2.21 bits per heavy atom. The van der Waals surface area contributed by atoms with E-state index in [2.05, 4.69) is 25.9 Å². The Balaban J connectivity index is 1.70. The van der Waals surface area contributed by atoms with Crippen LogP contribution in [0.1, 0.15) is 6.42 Å². The summed E-state index contributed by atoms with van der Waals surface area (Å²) >= 11 is 5.90. The Morgan fingerprint density at radius 1 is 1.33 bits per heavy atom. The summed E-state index contributed by atoms with van der Waals surface area (Å²) in [7, 11) is 1.80. The monoisotopic (exact) mass is 471 g/mol. The number of hydrogen-bond acceptors (Lipinski definition) is 7. The SMILES string of the molecule is CNCC=CC(=O)Nc1cc2c(Nc3ccc(F)c(Cl)c3)ncnc2cc1O[C@H]1CCOC1. The van der Waals surface area contributed by atoms with Crippen molar-refractivity contribution in [2.24, 2.45) is 0 Å². The molecular formula is C23H23ClFN5O3. The van der Waals surface area contributed by atoms with Gasteiger partial charge in [-0.25, -0.2) is 14.4 Å². The van der Waals surface area contributed by atoms with Crippen LogP contribution in [0.2, 0.25) is 5.02 Å². The quantitative estimate of drug-likeness (QED) is 0.426. The van der Waals surface area contributed by atoms with Gasteiger partial charge in [0.2, 0.25) is 5.91 Å². The number of nitrogens with zero attached hydrogens (tertiary/aromatic N) is 2. The highest BCUT2D eigenvalue weighted by atomic mass is 35.5. The van der Waals surface area contributed by atoms with Gasteiger partial charge in [0.25, 0.3) is 0 Å². The Bertz CT molecular complexity index is 1180. The minimum Gasteiger partial charge on any atom is -0.486 e. The van der Waals surface area contributed by atoms with E-state index in [0.29, 0.717) is 53.6 Å². The number of carbonyl (C=O) groups is 1. The summed E-state index contributed by atoms with van der Waals surface area (Å²) < 4.78 is 25.0. The van der Waals surface area contributed by atoms with Crippen LogP contribution in [0.3, 0.4) is 0 Å². The zero-order valence-corrected chi connectivity index (χ0v) is 18.7. The molecule has 0 unspecified atom stereocenters. The van der Waals surface area contributed by atoms with Crippen molar-refractivity contribution in [2.75, 3.05) is 37.4 Å². The highest BCUT2D eigenvalue weighted by molar-refractivity contribution is 6.31. The maximum absolute atomic E-state index is 13.5. The number of carbonyl (C=O) groups excluding carboxylic acids is 1. The molecular weight excluding hydrogens is 449 g/mol. The first kappa shape index (κ1) is 22.9. The second-order valence-electron chi connectivity index (χ2n) is 7.39. The topological polar surface area (TPSA) is 97.4 Å². The van der Waals surface area contributed by atoms with Crippen LogP contribution in [-0.2, 0) is 9.53 Å². The number of benzene rings is 2. The predicted octanol–water partition coefficient (Wildman–Crippen LogP) is 4.05. The molecule has 2 heterocycles. The molecule has 1 aliphatic heterocycles. The largest absolute Gasteiger partial charge is 0.486 e. The number of halogens is 2. The van der Waals surface area contributed by atoms with Gasteiger partial charge in [-0.3, -0.25) is 4.79 Å². The number of aromatic nitrogens is 2. The average Bonchev–Trinajstić information content (AvgIpc) is 3.30. The number of likely N-dealkylation sites (N-methyl/N-ethyl adjacent to an activating group) is 1. The molecule has 172 valence electrons. The molecule has 0 radical (unpaired) electrons. The van der Waals surface area contributed by atoms with Crippen molar-refractivity contribution in [1.82, 2.24) is 15.3 Å². The minimum atomic E-state index is -0.510. The van der Waals surface area contributed by atoms with E-state index < -0.39 is 5.82 Å². The van der Waals surface area contributed by atoms with Crippen LogP contribution >= 0.6 is 11.6 Å². The molecule has 0 saturated carbocycles. The number of anilines is 3. The lowest BCUT2D eigenvalue weighted by Gasteiger charge is -2.17. The highest BCUT2D eigenvalue weighted by Crippen LogP contribution is 2.35. The lowest BCUT2D eigenvalue weighted by atomic mass is 10.1. The Morgan fingerprint density at radius 3 is 2.97 bits per heavy atom. The molecule has 0 bridgehead atoms. The van der Waals surface area contributed by atoms with E-state index >= 15 is 0 Å². The predicted molar refractivity (Wildman–Crippen MR) is 126 cm³/mol. The summed E-state index contributed by atoms with van der Waals surface area (Å²) in [5.41, 5.74) is 1.65. The normalized spacial score (nSPS) is 15.8. The fraction of sp³-hybridized carbons (Fsp3) is 0.261. The van der Waals surface area contributed by atoms with E-state index in [1.165, 1.54) is 24.5 Å². The molecule has 1 amide bonds. The molecule has 4 rings (SSSR count). The van der Waals surface area contributed by atoms with Crippen LogP contribution in [0.5, 0.6) is 5.75 Å². The van der Waals surface area contributed by atoms with Crippen molar-refractivity contribution < 1.29 is 18.7 Å². The van der Waals surface area contributed by atoms with Crippen molar-refractivity contribution in [1.29, 1.82) is 0 Å². The number of nitrogens with one attached hydrogen (secondary N) is 3. The van der Waals surface area contributed by atoms with Crippen LogP contribution < -0.4 is 20.7 Å². The number of rotatable bonds is 8. The zero-order valence-electron chi connectivity index (χ0n) is 17.9. The van der Waals surface area contributed by atoms with Crippen molar-refractivity contribution in [2.45, 2.75) is 12.5 Å². The second kappa shape index (κ2) is 10.6. The number of fused-ring (bicyclic) bond motifs is 1. The summed E-state index contributed by atoms with van der Waals surface area (Å²) in [6.07, 6.45) is 5.23. The maximum Gasteiger partial charge on any atom is 0.248 e. The van der Waals surface area contributed by atoms with Gasteiger partial charge in [0, 0.05) is 36.2 Å². The molecule has 1 aliphatic rings. The molecule has 1 saturated heterocycles. The van der Waals surface area contributed by atoms with E-state index in [1.54, 1.807) is 31.3 Å². The van der Waals surface area contributed by atoms with Crippen LogP contribution in [0, 0.1) is 5.82 Å². The van der Waals surface area contributed by atoms with Crippen molar-refractivity contribution in [3.63, 3.8) is 0 Å². The van der Waals surface area contributed by atoms with E-state index in [1.807, 2.05) is 0 Å². The van der Waals surface area contributed by atoms with Crippen LogP contribution in [-0.4, -0.2) is 48.8 Å². The summed E-state index contributed by atoms with van der Waals surface area (Å²) in [6.45, 7) is 1.68. The number of amides is 1. The first-order chi connectivity index (χ1) is 16.0. The number of ether oxygens (including phenoxy) is 2. The van der Waals surface area contributed by atoms with Gasteiger partial charge in [-0.1, -0.05) is 17.7 Å². The Kier molecular flexibility index (Phi) is 7.33. The molecule has 3 N–H and O–H groups in total. The standard InChI is InChI=1S/C23H23ClFN5O3/c1-26-7-2-3-22(31)30-20-10-16-19(11-21(20)33-15-6-8-32-12-15)27-13-28-23(16)29-14-4-5-18(25)17(24)9-14/h2-5,9-11,13,15,26H,6-8,12H2,1H3,(H,30,31)(H,27,28,29)/t15-/m0/s1. The molecule has 2 aromatic carbocycles. The van der Waals surface area contributed by atoms with Crippen LogP contribution in [0.15, 0.2) is 48.8 Å². The third kappa shape index (κ3) is 5.75. The van der Waals surface area contributed by atoms with E-state index in [-0.39, 0.29) is 17.0 Å². The molecule has 33 heavy (non-hydrogen) atoms. The summed E-state index contributed by atoms with van der Waals surface area (Å²) in [5.74, 6) is 0.153. The van der Waals surface area contributed by atoms with Gasteiger partial charge in [0.1, 0.15) is 29.8 Å². The first-order valence-electron chi connectivity index (χ1n) is 10.4.